The van der Waals surface area contributed by atoms with Crippen LogP contribution in [-0.4, -0.2) is 30.5 Å². The van der Waals surface area contributed by atoms with Gasteiger partial charge in [-0.1, -0.05) is 30.0 Å². The van der Waals surface area contributed by atoms with Crippen LogP contribution in [0.1, 0.15) is 57.3 Å². The summed E-state index contributed by atoms with van der Waals surface area (Å²) < 4.78 is 4.62. The molecule has 1 N–H and O–H groups in total. The van der Waals surface area contributed by atoms with E-state index in [0.29, 0.717) is 12.0 Å². The molecule has 7 heteroatoms. The van der Waals surface area contributed by atoms with Gasteiger partial charge in [0.25, 0.3) is 0 Å². The molecule has 2 aliphatic carbocycles. The highest BCUT2D eigenvalue weighted by atomic mass is 32.2. The van der Waals surface area contributed by atoms with Gasteiger partial charge in [0.1, 0.15) is 5.82 Å². The molecule has 0 saturated heterocycles. The normalized spacial score (nSPS) is 17.2. The van der Waals surface area contributed by atoms with Gasteiger partial charge in [0, 0.05) is 46.0 Å². The summed E-state index contributed by atoms with van der Waals surface area (Å²) in [5, 5.41) is 15.1. The van der Waals surface area contributed by atoms with Crippen molar-refractivity contribution < 1.29 is 4.79 Å². The van der Waals surface area contributed by atoms with Gasteiger partial charge in [-0.05, 0) is 63.8 Å². The van der Waals surface area contributed by atoms with Crippen molar-refractivity contribution in [2.24, 2.45) is 0 Å². The molecule has 1 amide bonds. The molecule has 164 valence electrons. The van der Waals surface area contributed by atoms with Crippen molar-refractivity contribution in [3.8, 4) is 0 Å². The van der Waals surface area contributed by atoms with E-state index in [-0.39, 0.29) is 11.2 Å². The van der Waals surface area contributed by atoms with E-state index < -0.39 is 0 Å². The maximum atomic E-state index is 13.0. The average Bonchev–Trinajstić information content (AvgIpc) is 3.74. The number of hydrogen-bond donors (Lipinski definition) is 1. The van der Waals surface area contributed by atoms with Crippen LogP contribution in [0.15, 0.2) is 47.6 Å². The first kappa shape index (κ1) is 19.9. The monoisotopic (exact) mass is 445 g/mol. The summed E-state index contributed by atoms with van der Waals surface area (Å²) in [5.41, 5.74) is 3.25. The summed E-state index contributed by atoms with van der Waals surface area (Å²) in [7, 11) is 0. The van der Waals surface area contributed by atoms with Crippen molar-refractivity contribution in [1.29, 1.82) is 0 Å². The predicted molar refractivity (Wildman–Crippen MR) is 129 cm³/mol. The van der Waals surface area contributed by atoms with Gasteiger partial charge in [0.15, 0.2) is 5.16 Å². The second-order valence-electron chi connectivity index (χ2n) is 8.96. The van der Waals surface area contributed by atoms with Crippen molar-refractivity contribution in [1.82, 2.24) is 19.3 Å². The number of nitrogens with zero attached hydrogens (tertiary/aromatic N) is 4. The Hall–Kier alpha value is -2.80. The lowest BCUT2D eigenvalue weighted by molar-refractivity contribution is -0.115. The number of hydrogen-bond acceptors (Lipinski definition) is 4. The van der Waals surface area contributed by atoms with E-state index in [1.807, 2.05) is 13.0 Å². The van der Waals surface area contributed by atoms with Gasteiger partial charge < -0.3 is 14.5 Å². The van der Waals surface area contributed by atoms with Gasteiger partial charge in [-0.25, -0.2) is 0 Å². The van der Waals surface area contributed by atoms with Gasteiger partial charge in [0.2, 0.25) is 5.91 Å². The van der Waals surface area contributed by atoms with E-state index in [1.54, 1.807) is 0 Å². The molecule has 2 saturated carbocycles. The summed E-state index contributed by atoms with van der Waals surface area (Å²) in [5.74, 6) is 1.69. The second-order valence-corrected chi connectivity index (χ2v) is 10.3. The standard InChI is InChI=1S/C25H27N5OS/c1-3-29-21-7-5-4-6-19(21)20-14-17(10-13-22(20)29)26-24(31)15(2)32-25-28-27-23(16-8-9-16)30(25)18-11-12-18/h4-7,10,13-16,18H,3,8-9,11-12H2,1-2H3,(H,26,31)/t15-/m1/s1. The Morgan fingerprint density at radius 2 is 1.88 bits per heavy atom. The fraction of sp³-hybridized carbons (Fsp3) is 0.400. The number of aromatic nitrogens is 4. The van der Waals surface area contributed by atoms with Crippen molar-refractivity contribution in [3.63, 3.8) is 0 Å². The van der Waals surface area contributed by atoms with Gasteiger partial charge in [-0.15, -0.1) is 10.2 Å². The minimum Gasteiger partial charge on any atom is -0.341 e. The fourth-order valence-electron chi connectivity index (χ4n) is 4.59. The van der Waals surface area contributed by atoms with E-state index in [4.69, 9.17) is 0 Å². The van der Waals surface area contributed by atoms with Crippen LogP contribution in [0.5, 0.6) is 0 Å². The van der Waals surface area contributed by atoms with Gasteiger partial charge in [0.05, 0.1) is 5.25 Å². The second kappa shape index (κ2) is 7.66. The quantitative estimate of drug-likeness (QED) is 0.369. The highest BCUT2D eigenvalue weighted by Gasteiger charge is 2.37. The Morgan fingerprint density at radius 1 is 1.09 bits per heavy atom. The Morgan fingerprint density at radius 3 is 2.62 bits per heavy atom. The number of thioether (sulfide) groups is 1. The summed E-state index contributed by atoms with van der Waals surface area (Å²) in [4.78, 5) is 13.0. The highest BCUT2D eigenvalue weighted by molar-refractivity contribution is 8.00. The zero-order chi connectivity index (χ0) is 21.8. The minimum absolute atomic E-state index is 0.00750. The summed E-state index contributed by atoms with van der Waals surface area (Å²) in [6.07, 6.45) is 4.81. The number of para-hydroxylation sites is 1. The topological polar surface area (TPSA) is 64.7 Å². The molecule has 2 aromatic carbocycles. The Kier molecular flexibility index (Phi) is 4.75. The van der Waals surface area contributed by atoms with E-state index in [2.05, 4.69) is 68.0 Å². The van der Waals surface area contributed by atoms with Crippen molar-refractivity contribution in [2.75, 3.05) is 5.32 Å². The summed E-state index contributed by atoms with van der Waals surface area (Å²) in [6, 6.07) is 15.2. The largest absolute Gasteiger partial charge is 0.341 e. The number of benzene rings is 2. The number of carbonyl (C=O) groups is 1. The number of anilines is 1. The maximum absolute atomic E-state index is 13.0. The number of nitrogens with one attached hydrogen (secondary N) is 1. The lowest BCUT2D eigenvalue weighted by Gasteiger charge is -2.13. The fourth-order valence-corrected chi connectivity index (χ4v) is 5.52. The van der Waals surface area contributed by atoms with Crippen LogP contribution in [0.25, 0.3) is 21.8 Å². The molecule has 6 rings (SSSR count). The molecular weight excluding hydrogens is 418 g/mol. The van der Waals surface area contributed by atoms with Crippen molar-refractivity contribution in [2.45, 2.75) is 68.4 Å². The molecule has 32 heavy (non-hydrogen) atoms. The molecule has 0 unspecified atom stereocenters. The molecule has 0 spiro atoms. The molecule has 0 bridgehead atoms. The average molecular weight is 446 g/mol. The molecule has 2 fully saturated rings. The highest BCUT2D eigenvalue weighted by Crippen LogP contribution is 2.46. The lowest BCUT2D eigenvalue weighted by atomic mass is 10.1. The van der Waals surface area contributed by atoms with E-state index in [1.165, 1.54) is 59.3 Å². The van der Waals surface area contributed by atoms with Crippen molar-refractivity contribution >= 4 is 45.2 Å². The molecule has 0 radical (unpaired) electrons. The van der Waals surface area contributed by atoms with Crippen LogP contribution in [0, 0.1) is 0 Å². The number of rotatable bonds is 7. The molecule has 2 heterocycles. The third kappa shape index (κ3) is 3.39. The Balaban J connectivity index is 1.24. The summed E-state index contributed by atoms with van der Waals surface area (Å²) >= 11 is 1.52. The molecule has 0 aliphatic heterocycles. The van der Waals surface area contributed by atoms with Gasteiger partial charge >= 0.3 is 0 Å². The Labute approximate surface area is 191 Å². The number of aryl methyl sites for hydroxylation is 1. The Bertz CT molecular complexity index is 1330. The summed E-state index contributed by atoms with van der Waals surface area (Å²) in [6.45, 7) is 5.02. The first-order valence-electron chi connectivity index (χ1n) is 11.6. The van der Waals surface area contributed by atoms with E-state index in [9.17, 15) is 4.79 Å². The number of amides is 1. The molecule has 2 aromatic heterocycles. The van der Waals surface area contributed by atoms with E-state index in [0.717, 1.165) is 23.2 Å². The van der Waals surface area contributed by atoms with Crippen LogP contribution in [0.2, 0.25) is 0 Å². The first-order valence-corrected chi connectivity index (χ1v) is 12.4. The third-order valence-corrected chi connectivity index (χ3v) is 7.61. The van der Waals surface area contributed by atoms with Crippen LogP contribution < -0.4 is 5.32 Å². The molecule has 1 atom stereocenters. The smallest absolute Gasteiger partial charge is 0.237 e. The molecule has 2 aliphatic rings. The van der Waals surface area contributed by atoms with Crippen LogP contribution >= 0.6 is 11.8 Å². The maximum Gasteiger partial charge on any atom is 0.237 e. The lowest BCUT2D eigenvalue weighted by Crippen LogP contribution is -2.23. The minimum atomic E-state index is -0.253. The molecular formula is C25H27N5OS. The predicted octanol–water partition coefficient (Wildman–Crippen LogP) is 5.74. The first-order chi connectivity index (χ1) is 15.6. The molecule has 6 nitrogen and oxygen atoms in total. The van der Waals surface area contributed by atoms with Crippen LogP contribution in [0.4, 0.5) is 5.69 Å². The van der Waals surface area contributed by atoms with Gasteiger partial charge in [-0.3, -0.25) is 4.79 Å². The zero-order valence-electron chi connectivity index (χ0n) is 18.4. The third-order valence-electron chi connectivity index (χ3n) is 6.55. The van der Waals surface area contributed by atoms with Crippen LogP contribution in [-0.2, 0) is 11.3 Å². The SMILES string of the molecule is CCn1c2ccccc2c2cc(NC(=O)[C@@H](C)Sc3nnc(C4CC4)n3C3CC3)ccc21. The number of fused-ring (bicyclic) bond motifs is 3. The van der Waals surface area contributed by atoms with Gasteiger partial charge in [-0.2, -0.15) is 0 Å². The van der Waals surface area contributed by atoms with Crippen molar-refractivity contribution in [3.05, 3.63) is 48.3 Å². The van der Waals surface area contributed by atoms with E-state index >= 15 is 0 Å². The van der Waals surface area contributed by atoms with Crippen LogP contribution in [0.3, 0.4) is 0 Å². The number of carbonyl (C=O) groups excluding carboxylic acids is 1. The zero-order valence-corrected chi connectivity index (χ0v) is 19.2. The molecule has 4 aromatic rings.